The molecule has 2 amide bonds. The molecule has 2 aliphatic heterocycles. The fourth-order valence-electron chi connectivity index (χ4n) is 2.79. The zero-order chi connectivity index (χ0) is 17.3. The number of nitrogens with zero attached hydrogens (tertiary/aromatic N) is 1. The van der Waals surface area contributed by atoms with E-state index in [1.165, 1.54) is 16.7 Å². The maximum atomic E-state index is 12.3. The maximum Gasteiger partial charge on any atom is 0.352 e. The highest BCUT2D eigenvalue weighted by molar-refractivity contribution is 9.09. The van der Waals surface area contributed by atoms with Crippen LogP contribution >= 0.6 is 27.7 Å². The second kappa shape index (κ2) is 6.98. The molecule has 6 nitrogen and oxygen atoms in total. The smallest absolute Gasteiger partial charge is 0.352 e. The van der Waals surface area contributed by atoms with Gasteiger partial charge in [-0.05, 0) is 11.1 Å². The van der Waals surface area contributed by atoms with Crippen LogP contribution in [-0.4, -0.2) is 50.3 Å². The first-order valence-electron chi connectivity index (χ1n) is 7.32. The van der Waals surface area contributed by atoms with Crippen molar-refractivity contribution in [2.24, 2.45) is 0 Å². The number of fused-ring (bicyclic) bond motifs is 1. The molecule has 8 heteroatoms. The van der Waals surface area contributed by atoms with Gasteiger partial charge in [0.1, 0.15) is 17.1 Å². The Bertz CT molecular complexity index is 722. The molecule has 2 heterocycles. The third-order valence-electron chi connectivity index (χ3n) is 3.94. The van der Waals surface area contributed by atoms with Gasteiger partial charge in [0.05, 0.1) is 6.42 Å². The molecule has 1 fully saturated rings. The molecule has 2 N–H and O–H groups in total. The summed E-state index contributed by atoms with van der Waals surface area (Å²) in [5.41, 5.74) is 1.57. The van der Waals surface area contributed by atoms with Crippen LogP contribution in [0.2, 0.25) is 0 Å². The van der Waals surface area contributed by atoms with E-state index in [9.17, 15) is 19.5 Å². The van der Waals surface area contributed by atoms with E-state index in [4.69, 9.17) is 0 Å². The topological polar surface area (TPSA) is 86.7 Å². The number of halogens is 1. The molecule has 1 aromatic rings. The molecular formula is C16H15BrN2O4S. The zero-order valence-corrected chi connectivity index (χ0v) is 15.0. The predicted molar refractivity (Wildman–Crippen MR) is 93.6 cm³/mol. The number of aliphatic carboxylic acids is 1. The Morgan fingerprint density at radius 2 is 2.04 bits per heavy atom. The number of alkyl halides is 1. The minimum atomic E-state index is -1.11. The predicted octanol–water partition coefficient (Wildman–Crippen LogP) is 1.36. The first kappa shape index (κ1) is 17.0. The molecule has 2 atom stereocenters. The summed E-state index contributed by atoms with van der Waals surface area (Å²) in [6, 6.07) is 8.59. The van der Waals surface area contributed by atoms with E-state index in [1.54, 1.807) is 0 Å². The third-order valence-corrected chi connectivity index (χ3v) is 5.95. The van der Waals surface area contributed by atoms with Gasteiger partial charge in [-0.3, -0.25) is 14.5 Å². The molecule has 1 unspecified atom stereocenters. The summed E-state index contributed by atoms with van der Waals surface area (Å²) in [4.78, 5) is 37.2. The molecule has 0 spiro atoms. The lowest BCUT2D eigenvalue weighted by Crippen LogP contribution is -2.70. The van der Waals surface area contributed by atoms with Crippen molar-refractivity contribution >= 4 is 45.5 Å². The van der Waals surface area contributed by atoms with Crippen molar-refractivity contribution in [3.8, 4) is 0 Å². The minimum Gasteiger partial charge on any atom is -0.477 e. The van der Waals surface area contributed by atoms with Gasteiger partial charge in [-0.25, -0.2) is 4.79 Å². The van der Waals surface area contributed by atoms with Crippen molar-refractivity contribution in [3.63, 3.8) is 0 Å². The molecule has 24 heavy (non-hydrogen) atoms. The fourth-order valence-corrected chi connectivity index (χ4v) is 4.86. The maximum absolute atomic E-state index is 12.3. The van der Waals surface area contributed by atoms with Gasteiger partial charge < -0.3 is 10.4 Å². The van der Waals surface area contributed by atoms with E-state index in [0.29, 0.717) is 16.7 Å². The van der Waals surface area contributed by atoms with E-state index >= 15 is 0 Å². The van der Waals surface area contributed by atoms with Gasteiger partial charge in [-0.1, -0.05) is 46.3 Å². The molecule has 0 bridgehead atoms. The van der Waals surface area contributed by atoms with Gasteiger partial charge in [0.25, 0.3) is 5.91 Å². The molecule has 0 aromatic heterocycles. The number of hydrogen-bond donors (Lipinski definition) is 2. The molecular weight excluding hydrogens is 396 g/mol. The lowest BCUT2D eigenvalue weighted by atomic mass is 10.0. The second-order valence-corrected chi connectivity index (χ2v) is 7.17. The van der Waals surface area contributed by atoms with Crippen molar-refractivity contribution in [3.05, 3.63) is 47.2 Å². The fraction of sp³-hybridized carbons (Fsp3) is 0.312. The Labute approximate surface area is 151 Å². The summed E-state index contributed by atoms with van der Waals surface area (Å²) in [5.74, 6) is -1.21. The molecule has 2 aliphatic rings. The van der Waals surface area contributed by atoms with Crippen LogP contribution in [0.15, 0.2) is 41.6 Å². The van der Waals surface area contributed by atoms with Crippen LogP contribution in [0, 0.1) is 0 Å². The molecule has 1 aromatic carbocycles. The first-order chi connectivity index (χ1) is 11.5. The molecule has 3 rings (SSSR count). The average molecular weight is 411 g/mol. The number of hydrogen-bond acceptors (Lipinski definition) is 4. The van der Waals surface area contributed by atoms with E-state index in [1.807, 2.05) is 30.3 Å². The highest BCUT2D eigenvalue weighted by Gasteiger charge is 2.53. The second-order valence-electron chi connectivity index (χ2n) is 5.51. The number of carboxylic acid groups (broad SMARTS) is 1. The Hall–Kier alpha value is -1.80. The average Bonchev–Trinajstić information content (AvgIpc) is 2.58. The number of benzene rings is 1. The normalized spacial score (nSPS) is 22.7. The summed E-state index contributed by atoms with van der Waals surface area (Å²) in [7, 11) is 0. The molecule has 0 radical (unpaired) electrons. The van der Waals surface area contributed by atoms with E-state index in [2.05, 4.69) is 21.2 Å². The number of carboxylic acids is 1. The van der Waals surface area contributed by atoms with Crippen LogP contribution in [0.25, 0.3) is 0 Å². The monoisotopic (exact) mass is 410 g/mol. The van der Waals surface area contributed by atoms with Crippen molar-refractivity contribution in [2.45, 2.75) is 17.8 Å². The summed E-state index contributed by atoms with van der Waals surface area (Å²) < 4.78 is 0. The number of carbonyl (C=O) groups is 3. The van der Waals surface area contributed by atoms with Gasteiger partial charge in [-0.15, -0.1) is 11.8 Å². The molecule has 0 aliphatic carbocycles. The van der Waals surface area contributed by atoms with E-state index in [-0.39, 0.29) is 29.3 Å². The number of thioether (sulfide) groups is 1. The van der Waals surface area contributed by atoms with Crippen LogP contribution in [0.4, 0.5) is 0 Å². The lowest BCUT2D eigenvalue weighted by Gasteiger charge is -2.49. The number of rotatable bonds is 5. The summed E-state index contributed by atoms with van der Waals surface area (Å²) in [6.07, 6.45) is 0.191. The quantitative estimate of drug-likeness (QED) is 0.565. The van der Waals surface area contributed by atoms with Crippen LogP contribution in [-0.2, 0) is 20.8 Å². The van der Waals surface area contributed by atoms with Gasteiger partial charge >= 0.3 is 5.97 Å². The van der Waals surface area contributed by atoms with Crippen molar-refractivity contribution in [2.75, 3.05) is 11.1 Å². The lowest BCUT2D eigenvalue weighted by molar-refractivity contribution is -0.150. The standard InChI is InChI=1S/C16H15BrN2O4S/c17-7-10-8-24-15-12(14(21)19(15)13(10)16(22)23)18-11(20)6-9-4-2-1-3-5-9/h1-5,12,15H,6-8H2,(H,18,20)(H,22,23)/t12?,15-/m1/s1. The highest BCUT2D eigenvalue weighted by atomic mass is 79.9. The molecule has 1 saturated heterocycles. The number of carbonyl (C=O) groups excluding carboxylic acids is 2. The SMILES string of the molecule is O=C(Cc1ccccc1)NC1C(=O)N2C(C(=O)O)=C(CBr)CS[C@H]12. The minimum absolute atomic E-state index is 0.0363. The summed E-state index contributed by atoms with van der Waals surface area (Å²) in [5, 5.41) is 12.2. The number of β-lactam (4-membered cyclic amide) rings is 1. The first-order valence-corrected chi connectivity index (χ1v) is 9.49. The Morgan fingerprint density at radius 3 is 2.67 bits per heavy atom. The molecule has 0 saturated carbocycles. The van der Waals surface area contributed by atoms with E-state index in [0.717, 1.165) is 5.56 Å². The Kier molecular flexibility index (Phi) is 4.96. The van der Waals surface area contributed by atoms with Crippen LogP contribution in [0.1, 0.15) is 5.56 Å². The zero-order valence-electron chi connectivity index (χ0n) is 12.6. The third kappa shape index (κ3) is 3.08. The largest absolute Gasteiger partial charge is 0.477 e. The van der Waals surface area contributed by atoms with Crippen LogP contribution in [0.3, 0.4) is 0 Å². The van der Waals surface area contributed by atoms with Crippen LogP contribution < -0.4 is 5.32 Å². The molecule has 126 valence electrons. The van der Waals surface area contributed by atoms with Crippen molar-refractivity contribution in [1.29, 1.82) is 0 Å². The Morgan fingerprint density at radius 1 is 1.33 bits per heavy atom. The number of amides is 2. The van der Waals surface area contributed by atoms with E-state index < -0.39 is 12.0 Å². The van der Waals surface area contributed by atoms with Gasteiger partial charge in [0.15, 0.2) is 0 Å². The van der Waals surface area contributed by atoms with Crippen LogP contribution in [0.5, 0.6) is 0 Å². The number of nitrogens with one attached hydrogen (secondary N) is 1. The van der Waals surface area contributed by atoms with Gasteiger partial charge in [0, 0.05) is 11.1 Å². The van der Waals surface area contributed by atoms with Crippen molar-refractivity contribution < 1.29 is 19.5 Å². The summed E-state index contributed by atoms with van der Waals surface area (Å²) >= 11 is 4.73. The van der Waals surface area contributed by atoms with Gasteiger partial charge in [-0.2, -0.15) is 0 Å². The summed E-state index contributed by atoms with van der Waals surface area (Å²) in [6.45, 7) is 0. The Balaban J connectivity index is 1.69. The van der Waals surface area contributed by atoms with Gasteiger partial charge in [0.2, 0.25) is 5.91 Å². The van der Waals surface area contributed by atoms with Crippen molar-refractivity contribution in [1.82, 2.24) is 10.2 Å². The highest BCUT2D eigenvalue weighted by Crippen LogP contribution is 2.40.